The van der Waals surface area contributed by atoms with Crippen molar-refractivity contribution in [3.63, 3.8) is 0 Å². The number of benzene rings is 3. The zero-order valence-corrected chi connectivity index (χ0v) is 14.7. The first kappa shape index (κ1) is 17.6. The van der Waals surface area contributed by atoms with Crippen LogP contribution in [0, 0.1) is 0 Å². The maximum atomic E-state index is 14.1. The van der Waals surface area contributed by atoms with Crippen LogP contribution in [0.5, 0.6) is 0 Å². The van der Waals surface area contributed by atoms with E-state index in [0.29, 0.717) is 16.2 Å². The first-order valence-electron chi connectivity index (χ1n) is 8.18. The molecule has 0 spiro atoms. The monoisotopic (exact) mass is 352 g/mol. The van der Waals surface area contributed by atoms with Gasteiger partial charge in [-0.15, -0.1) is 0 Å². The highest BCUT2D eigenvalue weighted by atomic mass is 31.2. The molecule has 0 aliphatic carbocycles. The molecule has 0 radical (unpaired) electrons. The van der Waals surface area contributed by atoms with Crippen LogP contribution in [0.3, 0.4) is 0 Å². The fourth-order valence-corrected chi connectivity index (χ4v) is 6.01. The molecular formula is C21H21O3P. The Morgan fingerprint density at radius 1 is 0.720 bits per heavy atom. The predicted octanol–water partition coefficient (Wildman–Crippen LogP) is 2.88. The number of hydrogen-bond donors (Lipinski definition) is 2. The van der Waals surface area contributed by atoms with Gasteiger partial charge in [-0.3, -0.25) is 0 Å². The molecule has 0 aliphatic rings. The van der Waals surface area contributed by atoms with E-state index >= 15 is 0 Å². The van der Waals surface area contributed by atoms with Crippen molar-refractivity contribution in [3.05, 3.63) is 96.6 Å². The molecule has 0 saturated carbocycles. The van der Waals surface area contributed by atoms with Crippen molar-refractivity contribution >= 4 is 17.8 Å². The Bertz CT molecular complexity index is 807. The lowest BCUT2D eigenvalue weighted by Crippen LogP contribution is -2.38. The zero-order valence-electron chi connectivity index (χ0n) is 13.8. The third-order valence-corrected chi connectivity index (χ3v) is 7.64. The fraction of sp³-hybridized carbons (Fsp3) is 0.143. The van der Waals surface area contributed by atoms with Gasteiger partial charge in [0.25, 0.3) is 0 Å². The molecule has 0 aliphatic heterocycles. The van der Waals surface area contributed by atoms with Crippen molar-refractivity contribution < 1.29 is 14.8 Å². The van der Waals surface area contributed by atoms with E-state index in [4.69, 9.17) is 0 Å². The molecule has 3 nitrogen and oxygen atoms in total. The van der Waals surface area contributed by atoms with Crippen molar-refractivity contribution in [3.8, 4) is 0 Å². The summed E-state index contributed by atoms with van der Waals surface area (Å²) < 4.78 is 14.1. The van der Waals surface area contributed by atoms with E-state index in [9.17, 15) is 14.8 Å². The number of rotatable bonds is 6. The molecule has 0 amide bonds. The van der Waals surface area contributed by atoms with Crippen molar-refractivity contribution in [2.75, 3.05) is 12.8 Å². The van der Waals surface area contributed by atoms with Gasteiger partial charge in [0, 0.05) is 16.8 Å². The third-order valence-electron chi connectivity index (χ3n) is 4.40. The molecule has 25 heavy (non-hydrogen) atoms. The molecule has 0 unspecified atom stereocenters. The van der Waals surface area contributed by atoms with Crippen LogP contribution < -0.4 is 10.6 Å². The van der Waals surface area contributed by atoms with Crippen LogP contribution in [0.15, 0.2) is 91.0 Å². The van der Waals surface area contributed by atoms with Gasteiger partial charge in [-0.1, -0.05) is 91.0 Å². The molecule has 0 heterocycles. The zero-order chi connectivity index (χ0) is 17.8. The summed E-state index contributed by atoms with van der Waals surface area (Å²) in [4.78, 5) is 0. The molecule has 2 N–H and O–H groups in total. The topological polar surface area (TPSA) is 57.5 Å². The van der Waals surface area contributed by atoms with Crippen LogP contribution in [-0.2, 0) is 10.2 Å². The van der Waals surface area contributed by atoms with E-state index in [0.717, 1.165) is 0 Å². The standard InChI is InChI=1S/C21H21O3P/c22-16-21(23,18-10-4-1-5-11-18)17-25(24,19-12-6-2-7-13-19)20-14-8-3-9-15-20/h1-15,22-23H,16-17H2/t21-/m1/s1. The minimum atomic E-state index is -3.14. The highest BCUT2D eigenvalue weighted by Crippen LogP contribution is 2.48. The average Bonchev–Trinajstić information content (AvgIpc) is 2.70. The molecule has 3 aromatic carbocycles. The molecular weight excluding hydrogens is 331 g/mol. The normalized spacial score (nSPS) is 14.0. The van der Waals surface area contributed by atoms with E-state index in [1.54, 1.807) is 24.3 Å². The summed E-state index contributed by atoms with van der Waals surface area (Å²) in [7, 11) is -3.14. The molecule has 0 bridgehead atoms. The van der Waals surface area contributed by atoms with Crippen LogP contribution in [0.2, 0.25) is 0 Å². The minimum absolute atomic E-state index is 0.0610. The van der Waals surface area contributed by atoms with Crippen LogP contribution in [-0.4, -0.2) is 23.0 Å². The molecule has 0 fully saturated rings. The quantitative estimate of drug-likeness (QED) is 0.671. The van der Waals surface area contributed by atoms with Crippen molar-refractivity contribution in [1.82, 2.24) is 0 Å². The highest BCUT2D eigenvalue weighted by Gasteiger charge is 2.39. The summed E-state index contributed by atoms with van der Waals surface area (Å²) in [5, 5.41) is 22.4. The predicted molar refractivity (Wildman–Crippen MR) is 102 cm³/mol. The molecule has 0 aromatic heterocycles. The highest BCUT2D eigenvalue weighted by molar-refractivity contribution is 7.78. The van der Waals surface area contributed by atoms with Gasteiger partial charge >= 0.3 is 0 Å². The largest absolute Gasteiger partial charge is 0.393 e. The van der Waals surface area contributed by atoms with E-state index in [1.165, 1.54) is 0 Å². The van der Waals surface area contributed by atoms with Gasteiger partial charge < -0.3 is 14.8 Å². The minimum Gasteiger partial charge on any atom is -0.393 e. The van der Waals surface area contributed by atoms with Gasteiger partial charge in [-0.2, -0.15) is 0 Å². The summed E-state index contributed by atoms with van der Waals surface area (Å²) >= 11 is 0. The van der Waals surface area contributed by atoms with Gasteiger partial charge in [-0.05, 0) is 5.56 Å². The van der Waals surface area contributed by atoms with E-state index in [2.05, 4.69) is 0 Å². The Labute approximate surface area is 148 Å². The molecule has 1 atom stereocenters. The summed E-state index contributed by atoms with van der Waals surface area (Å²) in [5.41, 5.74) is -1.02. The lowest BCUT2D eigenvalue weighted by atomic mass is 9.97. The number of hydrogen-bond acceptors (Lipinski definition) is 3. The van der Waals surface area contributed by atoms with Crippen LogP contribution in [0.4, 0.5) is 0 Å². The second kappa shape index (κ2) is 7.37. The number of aliphatic hydroxyl groups is 2. The maximum Gasteiger partial charge on any atom is 0.146 e. The Morgan fingerprint density at radius 2 is 1.12 bits per heavy atom. The second-order valence-electron chi connectivity index (χ2n) is 6.12. The smallest absolute Gasteiger partial charge is 0.146 e. The molecule has 4 heteroatoms. The van der Waals surface area contributed by atoms with Crippen LogP contribution in [0.25, 0.3) is 0 Å². The molecule has 3 rings (SSSR count). The summed E-state index contributed by atoms with van der Waals surface area (Å²) in [6.45, 7) is -0.499. The van der Waals surface area contributed by atoms with Crippen molar-refractivity contribution in [2.24, 2.45) is 0 Å². The van der Waals surface area contributed by atoms with E-state index in [1.807, 2.05) is 66.7 Å². The molecule has 128 valence electrons. The van der Waals surface area contributed by atoms with Crippen LogP contribution >= 0.6 is 7.14 Å². The van der Waals surface area contributed by atoms with Gasteiger partial charge in [0.05, 0.1) is 6.61 Å². The van der Waals surface area contributed by atoms with Gasteiger partial charge in [0.2, 0.25) is 0 Å². The summed E-state index contributed by atoms with van der Waals surface area (Å²) in [6.07, 6.45) is -0.0610. The average molecular weight is 352 g/mol. The maximum absolute atomic E-state index is 14.1. The summed E-state index contributed by atoms with van der Waals surface area (Å²) in [5.74, 6) is 0. The lowest BCUT2D eigenvalue weighted by Gasteiger charge is -2.31. The van der Waals surface area contributed by atoms with Crippen molar-refractivity contribution in [2.45, 2.75) is 5.60 Å². The Hall–Kier alpha value is -2.19. The van der Waals surface area contributed by atoms with Crippen LogP contribution in [0.1, 0.15) is 5.56 Å². The Balaban J connectivity index is 2.12. The second-order valence-corrected chi connectivity index (χ2v) is 8.95. The fourth-order valence-electron chi connectivity index (χ4n) is 3.02. The molecule has 0 saturated heterocycles. The van der Waals surface area contributed by atoms with Gasteiger partial charge in [0.1, 0.15) is 12.7 Å². The van der Waals surface area contributed by atoms with Crippen molar-refractivity contribution in [1.29, 1.82) is 0 Å². The molecule has 3 aromatic rings. The lowest BCUT2D eigenvalue weighted by molar-refractivity contribution is 0.000714. The Morgan fingerprint density at radius 3 is 1.52 bits per heavy atom. The first-order valence-corrected chi connectivity index (χ1v) is 10.1. The summed E-state index contributed by atoms with van der Waals surface area (Å²) in [6, 6.07) is 27.3. The van der Waals surface area contributed by atoms with E-state index in [-0.39, 0.29) is 6.16 Å². The number of aliphatic hydroxyl groups excluding tert-OH is 1. The Kier molecular flexibility index (Phi) is 5.19. The SMILES string of the molecule is O=P(C[C@](O)(CO)c1ccccc1)(c1ccccc1)c1ccccc1. The first-order chi connectivity index (χ1) is 12.1. The van der Waals surface area contributed by atoms with Gasteiger partial charge in [-0.25, -0.2) is 0 Å². The third kappa shape index (κ3) is 3.59. The van der Waals surface area contributed by atoms with Gasteiger partial charge in [0.15, 0.2) is 0 Å². The van der Waals surface area contributed by atoms with E-state index < -0.39 is 19.3 Å².